The number of imidazole rings is 1. The molecule has 6 rings (SSSR count). The summed E-state index contributed by atoms with van der Waals surface area (Å²) < 4.78 is 2.08. The maximum atomic E-state index is 12.5. The van der Waals surface area contributed by atoms with Gasteiger partial charge in [0.15, 0.2) is 5.82 Å². The van der Waals surface area contributed by atoms with Crippen LogP contribution in [0.25, 0.3) is 39.1 Å². The zero-order valence-corrected chi connectivity index (χ0v) is 21.0. The smallest absolute Gasteiger partial charge is 0.225 e. The Kier molecular flexibility index (Phi) is 5.79. The Labute approximate surface area is 215 Å². The first-order chi connectivity index (χ1) is 18.0. The van der Waals surface area contributed by atoms with Crippen molar-refractivity contribution in [3.8, 4) is 22.6 Å². The molecule has 2 N–H and O–H groups in total. The minimum atomic E-state index is 0.0858. The van der Waals surface area contributed by atoms with E-state index in [1.54, 1.807) is 11.1 Å². The molecule has 0 unspecified atom stereocenters. The van der Waals surface area contributed by atoms with E-state index in [0.717, 1.165) is 64.7 Å². The number of aromatic nitrogens is 5. The molecule has 0 saturated heterocycles. The number of nitrogens with two attached hydrogens (primary N) is 1. The molecule has 0 bridgehead atoms. The van der Waals surface area contributed by atoms with Crippen LogP contribution in [0.5, 0.6) is 0 Å². The summed E-state index contributed by atoms with van der Waals surface area (Å²) >= 11 is 0. The molecule has 1 saturated carbocycles. The second-order valence-electron chi connectivity index (χ2n) is 9.96. The van der Waals surface area contributed by atoms with Crippen molar-refractivity contribution in [2.45, 2.75) is 31.6 Å². The van der Waals surface area contributed by atoms with Crippen molar-refractivity contribution < 1.29 is 4.79 Å². The van der Waals surface area contributed by atoms with Crippen LogP contribution in [0.2, 0.25) is 0 Å². The van der Waals surface area contributed by atoms with E-state index in [2.05, 4.69) is 20.4 Å². The van der Waals surface area contributed by atoms with Crippen LogP contribution in [0.15, 0.2) is 67.1 Å². The van der Waals surface area contributed by atoms with E-state index in [4.69, 9.17) is 15.7 Å². The number of nitrogen functional groups attached to an aromatic ring is 1. The van der Waals surface area contributed by atoms with Crippen LogP contribution in [0.3, 0.4) is 0 Å². The highest BCUT2D eigenvalue weighted by atomic mass is 16.2. The summed E-state index contributed by atoms with van der Waals surface area (Å²) in [5.74, 6) is 2.66. The van der Waals surface area contributed by atoms with Gasteiger partial charge < -0.3 is 10.6 Å². The third kappa shape index (κ3) is 4.18. The van der Waals surface area contributed by atoms with E-state index in [1.807, 2.05) is 69.0 Å². The Hall–Kier alpha value is -4.33. The average Bonchev–Trinajstić information content (AvgIpc) is 3.33. The Morgan fingerprint density at radius 3 is 2.51 bits per heavy atom. The van der Waals surface area contributed by atoms with Crippen LogP contribution >= 0.6 is 0 Å². The highest BCUT2D eigenvalue weighted by Gasteiger charge is 2.31. The fourth-order valence-electron chi connectivity index (χ4n) is 5.44. The Morgan fingerprint density at radius 1 is 0.973 bits per heavy atom. The summed E-state index contributed by atoms with van der Waals surface area (Å²) in [6, 6.07) is 16.1. The fraction of sp³-hybridized carbons (Fsp3) is 0.276. The molecule has 0 atom stereocenters. The Morgan fingerprint density at radius 2 is 1.76 bits per heavy atom. The molecule has 3 heterocycles. The number of carbonyl (C=O) groups excluding carboxylic acids is 1. The summed E-state index contributed by atoms with van der Waals surface area (Å²) in [6.45, 7) is 0. The predicted octanol–water partition coefficient (Wildman–Crippen LogP) is 4.95. The largest absolute Gasteiger partial charge is 0.382 e. The molecule has 2 aromatic carbocycles. The first-order valence-corrected chi connectivity index (χ1v) is 12.7. The number of amides is 1. The van der Waals surface area contributed by atoms with Crippen LogP contribution < -0.4 is 5.73 Å². The van der Waals surface area contributed by atoms with Gasteiger partial charge in [0.05, 0.1) is 5.52 Å². The SMILES string of the molecule is CN(C)C(=O)C1CCC(c2nc(-c3ccc4cnc(-c5ccccc5)nc4c3)c3c(N)nccn23)CC1. The molecule has 1 fully saturated rings. The predicted molar refractivity (Wildman–Crippen MR) is 145 cm³/mol. The van der Waals surface area contributed by atoms with E-state index in [9.17, 15) is 4.79 Å². The maximum Gasteiger partial charge on any atom is 0.225 e. The van der Waals surface area contributed by atoms with Gasteiger partial charge in [0.1, 0.15) is 22.9 Å². The first kappa shape index (κ1) is 23.1. The molecule has 1 amide bonds. The summed E-state index contributed by atoms with van der Waals surface area (Å²) in [6.07, 6.45) is 9.06. The summed E-state index contributed by atoms with van der Waals surface area (Å²) in [7, 11) is 3.66. The highest BCUT2D eigenvalue weighted by Crippen LogP contribution is 2.39. The third-order valence-electron chi connectivity index (χ3n) is 7.38. The molecular formula is C29H29N7O. The van der Waals surface area contributed by atoms with Gasteiger partial charge in [-0.2, -0.15) is 0 Å². The zero-order chi connectivity index (χ0) is 25.5. The van der Waals surface area contributed by atoms with Gasteiger partial charge >= 0.3 is 0 Å². The van der Waals surface area contributed by atoms with Crippen molar-refractivity contribution >= 4 is 28.1 Å². The van der Waals surface area contributed by atoms with Crippen molar-refractivity contribution in [1.82, 2.24) is 29.2 Å². The second-order valence-corrected chi connectivity index (χ2v) is 9.96. The Balaban J connectivity index is 1.40. The molecule has 5 aromatic rings. The lowest BCUT2D eigenvalue weighted by atomic mass is 9.81. The van der Waals surface area contributed by atoms with Crippen LogP contribution in [0.4, 0.5) is 5.82 Å². The molecule has 0 aliphatic heterocycles. The van der Waals surface area contributed by atoms with Crippen molar-refractivity contribution in [3.05, 3.63) is 72.9 Å². The molecule has 0 spiro atoms. The van der Waals surface area contributed by atoms with Crippen LogP contribution in [0, 0.1) is 5.92 Å². The number of carbonyl (C=O) groups is 1. The number of nitrogens with zero attached hydrogens (tertiary/aromatic N) is 6. The van der Waals surface area contributed by atoms with E-state index < -0.39 is 0 Å². The molecule has 3 aromatic heterocycles. The zero-order valence-electron chi connectivity index (χ0n) is 21.0. The van der Waals surface area contributed by atoms with E-state index in [1.165, 1.54) is 0 Å². The van der Waals surface area contributed by atoms with Gasteiger partial charge in [-0.25, -0.2) is 19.9 Å². The van der Waals surface area contributed by atoms with Crippen molar-refractivity contribution in [2.75, 3.05) is 19.8 Å². The quantitative estimate of drug-likeness (QED) is 0.382. The molecule has 1 aliphatic rings. The monoisotopic (exact) mass is 491 g/mol. The number of benzene rings is 2. The van der Waals surface area contributed by atoms with Gasteiger partial charge in [0.2, 0.25) is 5.91 Å². The van der Waals surface area contributed by atoms with Gasteiger partial charge in [-0.05, 0) is 31.7 Å². The molecule has 1 aliphatic carbocycles. The van der Waals surface area contributed by atoms with E-state index >= 15 is 0 Å². The molecule has 0 radical (unpaired) electrons. The number of anilines is 1. The topological polar surface area (TPSA) is 102 Å². The van der Waals surface area contributed by atoms with Crippen LogP contribution in [-0.2, 0) is 4.79 Å². The second kappa shape index (κ2) is 9.28. The Bertz CT molecular complexity index is 1600. The lowest BCUT2D eigenvalue weighted by molar-refractivity contribution is -0.134. The molecule has 186 valence electrons. The van der Waals surface area contributed by atoms with Gasteiger partial charge in [-0.3, -0.25) is 9.20 Å². The number of hydrogen-bond donors (Lipinski definition) is 1. The minimum absolute atomic E-state index is 0.0858. The lowest BCUT2D eigenvalue weighted by Gasteiger charge is -2.28. The van der Waals surface area contributed by atoms with Gasteiger partial charge in [-0.1, -0.05) is 42.5 Å². The van der Waals surface area contributed by atoms with Crippen LogP contribution in [-0.4, -0.2) is 49.2 Å². The molecule has 8 heteroatoms. The normalized spacial score (nSPS) is 17.8. The van der Waals surface area contributed by atoms with Gasteiger partial charge in [0, 0.05) is 61.0 Å². The average molecular weight is 492 g/mol. The van der Waals surface area contributed by atoms with Gasteiger partial charge in [-0.15, -0.1) is 0 Å². The highest BCUT2D eigenvalue weighted by molar-refractivity contribution is 5.90. The third-order valence-corrected chi connectivity index (χ3v) is 7.38. The summed E-state index contributed by atoms with van der Waals surface area (Å²) in [4.78, 5) is 33.1. The summed E-state index contributed by atoms with van der Waals surface area (Å²) in [5, 5.41) is 0.960. The first-order valence-electron chi connectivity index (χ1n) is 12.7. The van der Waals surface area contributed by atoms with E-state index in [-0.39, 0.29) is 17.7 Å². The van der Waals surface area contributed by atoms with Crippen molar-refractivity contribution in [3.63, 3.8) is 0 Å². The number of hydrogen-bond acceptors (Lipinski definition) is 6. The minimum Gasteiger partial charge on any atom is -0.382 e. The number of fused-ring (bicyclic) bond motifs is 2. The maximum absolute atomic E-state index is 12.5. The number of rotatable bonds is 4. The standard InChI is InChI=1S/C29H29N7O/c1-35(2)29(37)20-10-8-19(9-11-20)28-34-24(25-26(30)31-14-15-36(25)28)21-12-13-22-17-32-27(33-23(22)16-21)18-6-4-3-5-7-18/h3-7,12-17,19-20H,8-11H2,1-2H3,(H2,30,31). The van der Waals surface area contributed by atoms with Crippen molar-refractivity contribution in [2.24, 2.45) is 5.92 Å². The van der Waals surface area contributed by atoms with Crippen molar-refractivity contribution in [1.29, 1.82) is 0 Å². The molecular weight excluding hydrogens is 462 g/mol. The summed E-state index contributed by atoms with van der Waals surface area (Å²) in [5.41, 5.74) is 10.8. The van der Waals surface area contributed by atoms with Crippen LogP contribution in [0.1, 0.15) is 37.4 Å². The lowest BCUT2D eigenvalue weighted by Crippen LogP contribution is -2.32. The molecule has 8 nitrogen and oxygen atoms in total. The fourth-order valence-corrected chi connectivity index (χ4v) is 5.44. The molecule has 37 heavy (non-hydrogen) atoms. The van der Waals surface area contributed by atoms with E-state index in [0.29, 0.717) is 11.6 Å². The van der Waals surface area contributed by atoms with Gasteiger partial charge in [0.25, 0.3) is 0 Å².